The molecule has 0 unspecified atom stereocenters. The molecule has 0 saturated carbocycles. The number of imide groups is 1. The number of hydrogen-bond acceptors (Lipinski definition) is 3. The van der Waals surface area contributed by atoms with Crippen LogP contribution in [0.2, 0.25) is 0 Å². The second-order valence-electron chi connectivity index (χ2n) is 6.23. The number of hydrogen-bond donors (Lipinski definition) is 1. The molecule has 1 aromatic carbocycles. The quantitative estimate of drug-likeness (QED) is 0.850. The summed E-state index contributed by atoms with van der Waals surface area (Å²) in [4.78, 5) is 38.6. The van der Waals surface area contributed by atoms with Gasteiger partial charge < -0.3 is 5.32 Å². The summed E-state index contributed by atoms with van der Waals surface area (Å²) in [5.74, 6) is -1.71. The van der Waals surface area contributed by atoms with Crippen molar-refractivity contribution in [1.82, 2.24) is 10.2 Å². The van der Waals surface area contributed by atoms with E-state index in [9.17, 15) is 14.4 Å². The Kier molecular flexibility index (Phi) is 4.71. The fourth-order valence-corrected chi connectivity index (χ4v) is 3.54. The van der Waals surface area contributed by atoms with Crippen molar-refractivity contribution in [3.63, 3.8) is 0 Å². The zero-order valence-electron chi connectivity index (χ0n) is 13.4. The van der Waals surface area contributed by atoms with E-state index in [0.717, 1.165) is 10.5 Å². The molecule has 3 rings (SSSR count). The molecular weight excluding hydrogens is 328 g/mol. The number of likely N-dealkylation sites (tertiary alicyclic amines) is 1. The molecule has 6 heteroatoms. The summed E-state index contributed by atoms with van der Waals surface area (Å²) in [6.07, 6.45) is 2.63. The first kappa shape index (κ1) is 16.7. The first-order valence-electron chi connectivity index (χ1n) is 8.02. The van der Waals surface area contributed by atoms with Crippen LogP contribution in [0.1, 0.15) is 25.3 Å². The number of carbonyl (C=O) groups excluding carboxylic acids is 3. The van der Waals surface area contributed by atoms with Crippen LogP contribution < -0.4 is 5.32 Å². The number of rotatable bonds is 4. The predicted molar refractivity (Wildman–Crippen MR) is 89.8 cm³/mol. The van der Waals surface area contributed by atoms with Gasteiger partial charge in [0.05, 0.1) is 11.8 Å². The third-order valence-corrected chi connectivity index (χ3v) is 4.99. The van der Waals surface area contributed by atoms with Gasteiger partial charge >= 0.3 is 0 Å². The second kappa shape index (κ2) is 6.77. The first-order chi connectivity index (χ1) is 11.5. The van der Waals surface area contributed by atoms with E-state index >= 15 is 0 Å². The number of fused-ring (bicyclic) bond motifs is 1. The van der Waals surface area contributed by atoms with Gasteiger partial charge in [-0.05, 0) is 25.3 Å². The summed E-state index contributed by atoms with van der Waals surface area (Å²) in [6.45, 7) is 1.95. The molecule has 1 aliphatic carbocycles. The van der Waals surface area contributed by atoms with Gasteiger partial charge in [-0.25, -0.2) is 0 Å². The minimum absolute atomic E-state index is 0.271. The monoisotopic (exact) mass is 346 g/mol. The average molecular weight is 347 g/mol. The van der Waals surface area contributed by atoms with Crippen molar-refractivity contribution in [2.75, 3.05) is 0 Å². The molecule has 1 fully saturated rings. The Hall–Kier alpha value is -2.14. The lowest BCUT2D eigenvalue weighted by atomic mass is 9.85. The second-order valence-corrected chi connectivity index (χ2v) is 6.72. The third-order valence-electron chi connectivity index (χ3n) is 4.68. The van der Waals surface area contributed by atoms with Crippen LogP contribution in [0.3, 0.4) is 0 Å². The number of halogens is 1. The molecule has 2 aliphatic rings. The van der Waals surface area contributed by atoms with Gasteiger partial charge in [0.25, 0.3) is 0 Å². The van der Waals surface area contributed by atoms with Crippen LogP contribution >= 0.6 is 11.6 Å². The van der Waals surface area contributed by atoms with E-state index in [4.69, 9.17) is 11.6 Å². The van der Waals surface area contributed by atoms with Gasteiger partial charge in [0.2, 0.25) is 17.7 Å². The zero-order chi connectivity index (χ0) is 17.3. The highest BCUT2D eigenvalue weighted by molar-refractivity contribution is 6.30. The van der Waals surface area contributed by atoms with Crippen LogP contribution in [0.15, 0.2) is 41.4 Å². The van der Waals surface area contributed by atoms with Crippen LogP contribution in [0.25, 0.3) is 0 Å². The molecule has 0 bridgehead atoms. The number of nitrogens with zero attached hydrogens (tertiary/aromatic N) is 1. The Morgan fingerprint density at radius 3 is 2.62 bits per heavy atom. The summed E-state index contributed by atoms with van der Waals surface area (Å²) in [7, 11) is 0. The molecule has 1 aliphatic heterocycles. The highest BCUT2D eigenvalue weighted by Crippen LogP contribution is 2.39. The van der Waals surface area contributed by atoms with E-state index in [0.29, 0.717) is 24.4 Å². The Morgan fingerprint density at radius 1 is 1.25 bits per heavy atom. The highest BCUT2D eigenvalue weighted by Gasteiger charge is 2.50. The van der Waals surface area contributed by atoms with Gasteiger partial charge in [0, 0.05) is 11.6 Å². The Morgan fingerprint density at radius 2 is 1.92 bits per heavy atom. The van der Waals surface area contributed by atoms with E-state index in [2.05, 4.69) is 5.32 Å². The van der Waals surface area contributed by atoms with Crippen molar-refractivity contribution in [2.45, 2.75) is 32.4 Å². The van der Waals surface area contributed by atoms with Gasteiger partial charge in [-0.15, -0.1) is 0 Å². The third kappa shape index (κ3) is 3.08. The van der Waals surface area contributed by atoms with Gasteiger partial charge in [-0.2, -0.15) is 0 Å². The molecule has 3 amide bonds. The SMILES string of the molecule is C[C@H](C(=O)NCc1ccccc1)N1C(=O)[C@H]2CC=C(Cl)C[C@H]2C1=O. The van der Waals surface area contributed by atoms with E-state index < -0.39 is 12.0 Å². The smallest absolute Gasteiger partial charge is 0.243 e. The van der Waals surface area contributed by atoms with Crippen molar-refractivity contribution in [1.29, 1.82) is 0 Å². The molecule has 126 valence electrons. The number of benzene rings is 1. The lowest BCUT2D eigenvalue weighted by molar-refractivity contribution is -0.147. The molecule has 24 heavy (non-hydrogen) atoms. The summed E-state index contributed by atoms with van der Waals surface area (Å²) in [5, 5.41) is 3.39. The van der Waals surface area contributed by atoms with Gasteiger partial charge in [0.15, 0.2) is 0 Å². The van der Waals surface area contributed by atoms with Crippen molar-refractivity contribution < 1.29 is 14.4 Å². The van der Waals surface area contributed by atoms with Crippen LogP contribution in [0.4, 0.5) is 0 Å². The maximum Gasteiger partial charge on any atom is 0.243 e. The lowest BCUT2D eigenvalue weighted by Gasteiger charge is -2.22. The molecule has 0 radical (unpaired) electrons. The Balaban J connectivity index is 1.66. The molecule has 5 nitrogen and oxygen atoms in total. The Bertz CT molecular complexity index is 701. The average Bonchev–Trinajstić information content (AvgIpc) is 2.83. The highest BCUT2D eigenvalue weighted by atomic mass is 35.5. The van der Waals surface area contributed by atoms with Gasteiger partial charge in [0.1, 0.15) is 6.04 Å². The van der Waals surface area contributed by atoms with Crippen molar-refractivity contribution in [2.24, 2.45) is 11.8 Å². The van der Waals surface area contributed by atoms with Crippen LogP contribution in [0.5, 0.6) is 0 Å². The first-order valence-corrected chi connectivity index (χ1v) is 8.40. The van der Waals surface area contributed by atoms with E-state index in [1.165, 1.54) is 0 Å². The standard InChI is InChI=1S/C18H19ClN2O3/c1-11(16(22)20-10-12-5-3-2-4-6-12)21-17(23)14-8-7-13(19)9-15(14)18(21)24/h2-7,11,14-15H,8-10H2,1H3,(H,20,22)/t11-,14+,15-/m1/s1. The Labute approximate surface area is 145 Å². The molecule has 1 saturated heterocycles. The number of amides is 3. The molecule has 1 heterocycles. The predicted octanol–water partition coefficient (Wildman–Crippen LogP) is 2.21. The molecule has 3 atom stereocenters. The molecule has 0 spiro atoms. The minimum atomic E-state index is -0.821. The zero-order valence-corrected chi connectivity index (χ0v) is 14.1. The largest absolute Gasteiger partial charge is 0.350 e. The van der Waals surface area contributed by atoms with E-state index in [1.54, 1.807) is 13.0 Å². The van der Waals surface area contributed by atoms with Crippen molar-refractivity contribution in [3.05, 3.63) is 47.0 Å². The minimum Gasteiger partial charge on any atom is -0.350 e. The molecular formula is C18H19ClN2O3. The fraction of sp³-hybridized carbons (Fsp3) is 0.389. The lowest BCUT2D eigenvalue weighted by Crippen LogP contribution is -2.48. The maximum atomic E-state index is 12.6. The summed E-state index contributed by atoms with van der Waals surface area (Å²) in [6, 6.07) is 8.66. The number of nitrogens with one attached hydrogen (secondary N) is 1. The summed E-state index contributed by atoms with van der Waals surface area (Å²) in [5.41, 5.74) is 0.960. The maximum absolute atomic E-state index is 12.6. The van der Waals surface area contributed by atoms with Crippen LogP contribution in [-0.2, 0) is 20.9 Å². The molecule has 1 N–H and O–H groups in total. The van der Waals surface area contributed by atoms with E-state index in [-0.39, 0.29) is 23.6 Å². The number of carbonyl (C=O) groups is 3. The summed E-state index contributed by atoms with van der Waals surface area (Å²) >= 11 is 6.00. The van der Waals surface area contributed by atoms with Crippen LogP contribution in [-0.4, -0.2) is 28.7 Å². The van der Waals surface area contributed by atoms with Crippen LogP contribution in [0, 0.1) is 11.8 Å². The van der Waals surface area contributed by atoms with Gasteiger partial charge in [-0.1, -0.05) is 48.0 Å². The fourth-order valence-electron chi connectivity index (χ4n) is 3.28. The van der Waals surface area contributed by atoms with E-state index in [1.807, 2.05) is 30.3 Å². The van der Waals surface area contributed by atoms with Crippen molar-refractivity contribution in [3.8, 4) is 0 Å². The topological polar surface area (TPSA) is 66.5 Å². The van der Waals surface area contributed by atoms with Crippen molar-refractivity contribution >= 4 is 29.3 Å². The number of allylic oxidation sites excluding steroid dienone is 2. The molecule has 0 aromatic heterocycles. The summed E-state index contributed by atoms with van der Waals surface area (Å²) < 4.78 is 0. The van der Waals surface area contributed by atoms with Gasteiger partial charge in [-0.3, -0.25) is 19.3 Å². The normalized spacial score (nSPS) is 24.4. The molecule has 1 aromatic rings.